The molecule has 0 spiro atoms. The van der Waals surface area contributed by atoms with Crippen LogP contribution in [0.2, 0.25) is 0 Å². The van der Waals surface area contributed by atoms with Crippen molar-refractivity contribution in [2.45, 2.75) is 25.2 Å². The first-order chi connectivity index (χ1) is 10.3. The average Bonchev–Trinajstić information content (AvgIpc) is 2.79. The van der Waals surface area contributed by atoms with E-state index in [0.29, 0.717) is 12.1 Å². The van der Waals surface area contributed by atoms with E-state index >= 15 is 0 Å². The van der Waals surface area contributed by atoms with Gasteiger partial charge in [0.2, 0.25) is 10.0 Å². The highest BCUT2D eigenvalue weighted by atomic mass is 32.2. The molecule has 0 aliphatic rings. The highest BCUT2D eigenvalue weighted by Crippen LogP contribution is 2.18. The lowest BCUT2D eigenvalue weighted by molar-refractivity contribution is -0.384. The minimum absolute atomic E-state index is 0.0000480. The Balaban J connectivity index is 2.00. The number of nitrogens with one attached hydrogen (secondary N) is 1. The SMILES string of the molecule is Cc1noc(C)c1S(=O)(=O)NCCc1ccc([N+](=O)[O-])cc1. The van der Waals surface area contributed by atoms with E-state index < -0.39 is 14.9 Å². The maximum atomic E-state index is 12.2. The highest BCUT2D eigenvalue weighted by Gasteiger charge is 2.23. The van der Waals surface area contributed by atoms with E-state index in [0.717, 1.165) is 5.56 Å². The van der Waals surface area contributed by atoms with Gasteiger partial charge in [0.15, 0.2) is 5.76 Å². The van der Waals surface area contributed by atoms with Crippen LogP contribution in [0.5, 0.6) is 0 Å². The van der Waals surface area contributed by atoms with Crippen LogP contribution in [0, 0.1) is 24.0 Å². The van der Waals surface area contributed by atoms with Gasteiger partial charge in [-0.15, -0.1) is 0 Å². The number of aromatic nitrogens is 1. The predicted octanol–water partition coefficient (Wildman–Crippen LogP) is 1.72. The average molecular weight is 325 g/mol. The molecule has 0 saturated carbocycles. The van der Waals surface area contributed by atoms with Crippen molar-refractivity contribution < 1.29 is 17.9 Å². The van der Waals surface area contributed by atoms with Gasteiger partial charge in [0.1, 0.15) is 10.6 Å². The summed E-state index contributed by atoms with van der Waals surface area (Å²) in [5.41, 5.74) is 1.10. The molecule has 1 aromatic carbocycles. The Morgan fingerprint density at radius 2 is 1.91 bits per heavy atom. The number of sulfonamides is 1. The van der Waals surface area contributed by atoms with Crippen molar-refractivity contribution in [1.82, 2.24) is 9.88 Å². The second-order valence-corrected chi connectivity index (χ2v) is 6.43. The second kappa shape index (κ2) is 6.24. The van der Waals surface area contributed by atoms with E-state index in [9.17, 15) is 18.5 Å². The van der Waals surface area contributed by atoms with Gasteiger partial charge < -0.3 is 4.52 Å². The van der Waals surface area contributed by atoms with Crippen LogP contribution in [0.15, 0.2) is 33.7 Å². The van der Waals surface area contributed by atoms with Gasteiger partial charge in [-0.2, -0.15) is 0 Å². The van der Waals surface area contributed by atoms with Crippen LogP contribution in [0.4, 0.5) is 5.69 Å². The van der Waals surface area contributed by atoms with E-state index in [-0.39, 0.29) is 22.9 Å². The van der Waals surface area contributed by atoms with Crippen molar-refractivity contribution in [3.63, 3.8) is 0 Å². The Morgan fingerprint density at radius 1 is 1.27 bits per heavy atom. The van der Waals surface area contributed by atoms with Crippen molar-refractivity contribution in [1.29, 1.82) is 0 Å². The van der Waals surface area contributed by atoms with E-state index in [1.807, 2.05) is 0 Å². The van der Waals surface area contributed by atoms with Gasteiger partial charge in [-0.05, 0) is 25.8 Å². The summed E-state index contributed by atoms with van der Waals surface area (Å²) in [4.78, 5) is 10.1. The molecule has 8 nitrogen and oxygen atoms in total. The largest absolute Gasteiger partial charge is 0.360 e. The fraction of sp³-hybridized carbons (Fsp3) is 0.308. The zero-order valence-corrected chi connectivity index (χ0v) is 12.9. The van der Waals surface area contributed by atoms with Crippen molar-refractivity contribution in [3.05, 3.63) is 51.4 Å². The summed E-state index contributed by atoms with van der Waals surface area (Å²) in [6, 6.07) is 5.97. The highest BCUT2D eigenvalue weighted by molar-refractivity contribution is 7.89. The minimum atomic E-state index is -3.68. The first-order valence-electron chi connectivity index (χ1n) is 6.47. The van der Waals surface area contributed by atoms with E-state index in [2.05, 4.69) is 9.88 Å². The van der Waals surface area contributed by atoms with Crippen molar-refractivity contribution in [2.75, 3.05) is 6.54 Å². The molecule has 0 saturated heterocycles. The molecule has 0 atom stereocenters. The van der Waals surface area contributed by atoms with Gasteiger partial charge >= 0.3 is 0 Å². The van der Waals surface area contributed by atoms with Gasteiger partial charge in [-0.25, -0.2) is 13.1 Å². The summed E-state index contributed by atoms with van der Waals surface area (Å²) >= 11 is 0. The standard InChI is InChI=1S/C13H15N3O5S/c1-9-13(10(2)21-15-9)22(19,20)14-8-7-11-3-5-12(6-4-11)16(17)18/h3-6,14H,7-8H2,1-2H3. The lowest BCUT2D eigenvalue weighted by atomic mass is 10.1. The number of hydrogen-bond acceptors (Lipinski definition) is 6. The molecule has 22 heavy (non-hydrogen) atoms. The zero-order chi connectivity index (χ0) is 16.3. The van der Waals surface area contributed by atoms with Crippen LogP contribution in [-0.4, -0.2) is 25.0 Å². The molecular formula is C13H15N3O5S. The number of nitro groups is 1. The smallest absolute Gasteiger partial charge is 0.269 e. The van der Waals surface area contributed by atoms with Gasteiger partial charge in [-0.3, -0.25) is 10.1 Å². The summed E-state index contributed by atoms with van der Waals surface area (Å²) in [6.07, 6.45) is 0.417. The van der Waals surface area contributed by atoms with Crippen LogP contribution in [0.1, 0.15) is 17.0 Å². The number of rotatable bonds is 6. The number of nitro benzene ring substituents is 1. The molecule has 0 amide bonds. The minimum Gasteiger partial charge on any atom is -0.360 e. The molecule has 0 fully saturated rings. The first kappa shape index (κ1) is 16.1. The van der Waals surface area contributed by atoms with Crippen LogP contribution in [0.3, 0.4) is 0 Å². The zero-order valence-electron chi connectivity index (χ0n) is 12.1. The molecule has 0 aliphatic heterocycles. The molecule has 1 heterocycles. The van der Waals surface area contributed by atoms with Gasteiger partial charge in [-0.1, -0.05) is 17.3 Å². The Hall–Kier alpha value is -2.26. The van der Waals surface area contributed by atoms with E-state index in [4.69, 9.17) is 4.52 Å². The number of hydrogen-bond donors (Lipinski definition) is 1. The summed E-state index contributed by atoms with van der Waals surface area (Å²) in [5.74, 6) is 0.236. The van der Waals surface area contributed by atoms with Gasteiger partial charge in [0.05, 0.1) is 4.92 Å². The third kappa shape index (κ3) is 3.49. The third-order valence-electron chi connectivity index (χ3n) is 3.09. The fourth-order valence-corrected chi connectivity index (χ4v) is 3.40. The Morgan fingerprint density at radius 3 is 2.41 bits per heavy atom. The summed E-state index contributed by atoms with van der Waals surface area (Å²) in [7, 11) is -3.68. The molecule has 0 aliphatic carbocycles. The molecule has 0 radical (unpaired) electrons. The van der Waals surface area contributed by atoms with Gasteiger partial charge in [0, 0.05) is 18.7 Å². The Labute approximate surface area is 127 Å². The number of non-ortho nitro benzene ring substituents is 1. The maximum absolute atomic E-state index is 12.2. The molecule has 9 heteroatoms. The van der Waals surface area contributed by atoms with Crippen LogP contribution < -0.4 is 4.72 Å². The third-order valence-corrected chi connectivity index (χ3v) is 4.79. The second-order valence-electron chi connectivity index (χ2n) is 4.72. The Kier molecular flexibility index (Phi) is 4.57. The quantitative estimate of drug-likeness (QED) is 0.638. The monoisotopic (exact) mass is 325 g/mol. The molecule has 118 valence electrons. The molecule has 0 bridgehead atoms. The van der Waals surface area contributed by atoms with E-state index in [1.165, 1.54) is 19.1 Å². The summed E-state index contributed by atoms with van der Waals surface area (Å²) in [6.45, 7) is 3.26. The fourth-order valence-electron chi connectivity index (χ4n) is 2.04. The number of benzene rings is 1. The summed E-state index contributed by atoms with van der Waals surface area (Å²) < 4.78 is 31.7. The van der Waals surface area contributed by atoms with Crippen LogP contribution in [-0.2, 0) is 16.4 Å². The maximum Gasteiger partial charge on any atom is 0.269 e. The molecule has 2 rings (SSSR count). The number of nitrogens with zero attached hydrogens (tertiary/aromatic N) is 2. The molecular weight excluding hydrogens is 310 g/mol. The normalized spacial score (nSPS) is 11.5. The van der Waals surface area contributed by atoms with Crippen molar-refractivity contribution in [2.24, 2.45) is 0 Å². The lowest BCUT2D eigenvalue weighted by Gasteiger charge is -2.06. The lowest BCUT2D eigenvalue weighted by Crippen LogP contribution is -2.26. The first-order valence-corrected chi connectivity index (χ1v) is 7.95. The number of aryl methyl sites for hydroxylation is 2. The topological polar surface area (TPSA) is 115 Å². The predicted molar refractivity (Wildman–Crippen MR) is 78.0 cm³/mol. The van der Waals surface area contributed by atoms with Gasteiger partial charge in [0.25, 0.3) is 5.69 Å². The molecule has 1 aromatic heterocycles. The van der Waals surface area contributed by atoms with E-state index in [1.54, 1.807) is 19.1 Å². The van der Waals surface area contributed by atoms with Crippen molar-refractivity contribution in [3.8, 4) is 0 Å². The molecule has 1 N–H and O–H groups in total. The Bertz CT molecular complexity index is 761. The molecule has 0 unspecified atom stereocenters. The van der Waals surface area contributed by atoms with Crippen LogP contribution in [0.25, 0.3) is 0 Å². The van der Waals surface area contributed by atoms with Crippen LogP contribution >= 0.6 is 0 Å². The summed E-state index contributed by atoms with van der Waals surface area (Å²) in [5, 5.41) is 14.2. The molecule has 2 aromatic rings. The van der Waals surface area contributed by atoms with Crippen molar-refractivity contribution >= 4 is 15.7 Å².